The molecule has 5 nitrogen and oxygen atoms in total. The number of rotatable bonds is 1. The molecule has 5 heteroatoms. The van der Waals surface area contributed by atoms with Crippen molar-refractivity contribution in [3.63, 3.8) is 0 Å². The lowest BCUT2D eigenvalue weighted by molar-refractivity contribution is 0.562. The molecule has 0 aliphatic carbocycles. The Labute approximate surface area is 108 Å². The minimum absolute atomic E-state index is 0.00201. The van der Waals surface area contributed by atoms with E-state index < -0.39 is 0 Å². The number of anilines is 2. The average Bonchev–Trinajstić information content (AvgIpc) is 2.88. The molecule has 2 aliphatic heterocycles. The molecule has 2 fully saturated rings. The first-order chi connectivity index (χ1) is 8.43. The molecule has 2 bridgehead atoms. The molecule has 98 valence electrons. The minimum Gasteiger partial charge on any atom is -0.368 e. The Morgan fingerprint density at radius 2 is 2.11 bits per heavy atom. The van der Waals surface area contributed by atoms with Gasteiger partial charge in [0.1, 0.15) is 5.82 Å². The number of hydrogen-bond acceptors (Lipinski definition) is 5. The number of nitrogens with two attached hydrogens (primary N) is 1. The number of aromatic nitrogens is 2. The minimum atomic E-state index is -0.00201. The molecule has 0 spiro atoms. The van der Waals surface area contributed by atoms with Crippen LogP contribution in [0.25, 0.3) is 0 Å². The maximum absolute atomic E-state index is 5.85. The third-order valence-electron chi connectivity index (χ3n) is 3.80. The molecular weight excluding hydrogens is 226 g/mol. The van der Waals surface area contributed by atoms with Crippen molar-refractivity contribution < 1.29 is 0 Å². The van der Waals surface area contributed by atoms with Gasteiger partial charge in [0.15, 0.2) is 0 Å². The van der Waals surface area contributed by atoms with Crippen molar-refractivity contribution in [3.05, 3.63) is 11.8 Å². The average molecular weight is 247 g/mol. The zero-order valence-electron chi connectivity index (χ0n) is 11.3. The fourth-order valence-corrected chi connectivity index (χ4v) is 2.79. The van der Waals surface area contributed by atoms with Crippen LogP contribution in [-0.4, -0.2) is 28.7 Å². The lowest BCUT2D eigenvalue weighted by Gasteiger charge is -2.28. The van der Waals surface area contributed by atoms with Gasteiger partial charge in [-0.25, -0.2) is 4.98 Å². The van der Waals surface area contributed by atoms with Crippen LogP contribution >= 0.6 is 0 Å². The molecular formula is C13H21N5. The van der Waals surface area contributed by atoms with E-state index >= 15 is 0 Å². The number of hydrogen-bond donors (Lipinski definition) is 2. The van der Waals surface area contributed by atoms with Crippen molar-refractivity contribution in [2.24, 2.45) is 0 Å². The smallest absolute Gasteiger partial charge is 0.222 e. The van der Waals surface area contributed by atoms with Gasteiger partial charge in [-0.2, -0.15) is 4.98 Å². The normalized spacial score (nSPS) is 26.9. The predicted molar refractivity (Wildman–Crippen MR) is 72.4 cm³/mol. The molecule has 0 radical (unpaired) electrons. The van der Waals surface area contributed by atoms with E-state index in [2.05, 4.69) is 47.0 Å². The van der Waals surface area contributed by atoms with Crippen molar-refractivity contribution in [3.8, 4) is 0 Å². The van der Waals surface area contributed by atoms with Crippen molar-refractivity contribution >= 4 is 11.8 Å². The van der Waals surface area contributed by atoms with Crippen LogP contribution in [0.3, 0.4) is 0 Å². The van der Waals surface area contributed by atoms with E-state index in [1.54, 1.807) is 0 Å². The van der Waals surface area contributed by atoms with Crippen molar-refractivity contribution in [2.45, 2.75) is 51.2 Å². The SMILES string of the molecule is CC(C)(C)c1cc(N2CC3CCC2N3)nc(N)n1. The summed E-state index contributed by atoms with van der Waals surface area (Å²) < 4.78 is 0. The van der Waals surface area contributed by atoms with Crippen molar-refractivity contribution in [1.82, 2.24) is 15.3 Å². The van der Waals surface area contributed by atoms with E-state index in [1.807, 2.05) is 0 Å². The second-order valence-electron chi connectivity index (χ2n) is 6.33. The summed E-state index contributed by atoms with van der Waals surface area (Å²) in [5.74, 6) is 1.34. The second kappa shape index (κ2) is 3.82. The zero-order valence-corrected chi connectivity index (χ0v) is 11.3. The third kappa shape index (κ3) is 1.92. The van der Waals surface area contributed by atoms with Gasteiger partial charge in [-0.3, -0.25) is 5.32 Å². The Hall–Kier alpha value is -1.36. The number of piperidine rings is 1. The highest BCUT2D eigenvalue weighted by Crippen LogP contribution is 2.31. The van der Waals surface area contributed by atoms with Gasteiger partial charge < -0.3 is 10.6 Å². The molecule has 0 amide bonds. The quantitative estimate of drug-likeness (QED) is 0.782. The highest BCUT2D eigenvalue weighted by Gasteiger charge is 2.38. The van der Waals surface area contributed by atoms with Crippen LogP contribution in [-0.2, 0) is 5.41 Å². The van der Waals surface area contributed by atoms with Gasteiger partial charge in [-0.1, -0.05) is 20.8 Å². The van der Waals surface area contributed by atoms with Crippen LogP contribution in [0.1, 0.15) is 39.3 Å². The van der Waals surface area contributed by atoms with Gasteiger partial charge in [0.05, 0.1) is 11.9 Å². The Balaban J connectivity index is 1.95. The van der Waals surface area contributed by atoms with Crippen LogP contribution in [0.2, 0.25) is 0 Å². The largest absolute Gasteiger partial charge is 0.368 e. The Kier molecular flexibility index (Phi) is 2.48. The van der Waals surface area contributed by atoms with Crippen LogP contribution < -0.4 is 16.0 Å². The molecule has 3 rings (SSSR count). The first kappa shape index (κ1) is 11.7. The van der Waals surface area contributed by atoms with Crippen LogP contribution in [0.4, 0.5) is 11.8 Å². The van der Waals surface area contributed by atoms with Gasteiger partial charge in [0, 0.05) is 24.1 Å². The van der Waals surface area contributed by atoms with Gasteiger partial charge in [0.2, 0.25) is 5.95 Å². The van der Waals surface area contributed by atoms with E-state index in [9.17, 15) is 0 Å². The summed E-state index contributed by atoms with van der Waals surface area (Å²) >= 11 is 0. The molecule has 1 aromatic rings. The Morgan fingerprint density at radius 1 is 1.33 bits per heavy atom. The molecule has 18 heavy (non-hydrogen) atoms. The summed E-state index contributed by atoms with van der Waals surface area (Å²) in [7, 11) is 0. The van der Waals surface area contributed by atoms with Crippen molar-refractivity contribution in [1.29, 1.82) is 0 Å². The molecule has 0 saturated carbocycles. The Bertz CT molecular complexity index is 465. The molecule has 3 N–H and O–H groups in total. The number of fused-ring (bicyclic) bond motifs is 2. The molecule has 0 aromatic carbocycles. The summed E-state index contributed by atoms with van der Waals surface area (Å²) in [4.78, 5) is 11.1. The first-order valence-electron chi connectivity index (χ1n) is 6.61. The van der Waals surface area contributed by atoms with Crippen molar-refractivity contribution in [2.75, 3.05) is 17.2 Å². The van der Waals surface area contributed by atoms with E-state index in [4.69, 9.17) is 5.73 Å². The van der Waals surface area contributed by atoms with Gasteiger partial charge in [0.25, 0.3) is 0 Å². The summed E-state index contributed by atoms with van der Waals surface area (Å²) in [5.41, 5.74) is 6.86. The maximum Gasteiger partial charge on any atom is 0.222 e. The molecule has 2 unspecified atom stereocenters. The molecule has 2 aliphatic rings. The number of nitrogen functional groups attached to an aromatic ring is 1. The molecule has 2 atom stereocenters. The summed E-state index contributed by atoms with van der Waals surface area (Å²) in [5, 5.41) is 3.58. The van der Waals surface area contributed by atoms with E-state index in [0.717, 1.165) is 18.1 Å². The third-order valence-corrected chi connectivity index (χ3v) is 3.80. The predicted octanol–water partition coefficient (Wildman–Crippen LogP) is 1.25. The molecule has 3 heterocycles. The molecule has 2 saturated heterocycles. The van der Waals surface area contributed by atoms with Gasteiger partial charge in [-0.15, -0.1) is 0 Å². The fourth-order valence-electron chi connectivity index (χ4n) is 2.79. The maximum atomic E-state index is 5.85. The summed E-state index contributed by atoms with van der Waals surface area (Å²) in [6.07, 6.45) is 2.89. The summed E-state index contributed by atoms with van der Waals surface area (Å²) in [6.45, 7) is 7.47. The van der Waals surface area contributed by atoms with Gasteiger partial charge in [-0.05, 0) is 12.8 Å². The van der Waals surface area contributed by atoms with Crippen LogP contribution in [0.5, 0.6) is 0 Å². The van der Waals surface area contributed by atoms with E-state index in [1.165, 1.54) is 12.8 Å². The standard InChI is InChI=1S/C13H21N5/c1-13(2,3)9-6-11(17-12(14)16-9)18-7-8-4-5-10(18)15-8/h6,8,10,15H,4-5,7H2,1-3H3,(H2,14,16,17). The highest BCUT2D eigenvalue weighted by molar-refractivity contribution is 5.47. The Morgan fingerprint density at radius 3 is 2.67 bits per heavy atom. The monoisotopic (exact) mass is 247 g/mol. The number of nitrogens with zero attached hydrogens (tertiary/aromatic N) is 3. The topological polar surface area (TPSA) is 67.1 Å². The summed E-state index contributed by atoms with van der Waals surface area (Å²) in [6, 6.07) is 2.70. The van der Waals surface area contributed by atoms with E-state index in [0.29, 0.717) is 18.2 Å². The molecule has 1 aromatic heterocycles. The lowest BCUT2D eigenvalue weighted by Crippen LogP contribution is -2.35. The first-order valence-corrected chi connectivity index (χ1v) is 6.61. The van der Waals surface area contributed by atoms with Crippen LogP contribution in [0.15, 0.2) is 6.07 Å². The number of nitrogens with one attached hydrogen (secondary N) is 1. The van der Waals surface area contributed by atoms with E-state index in [-0.39, 0.29) is 5.41 Å². The lowest BCUT2D eigenvalue weighted by atomic mass is 9.92. The van der Waals surface area contributed by atoms with Gasteiger partial charge >= 0.3 is 0 Å². The highest BCUT2D eigenvalue weighted by atomic mass is 15.4. The fraction of sp³-hybridized carbons (Fsp3) is 0.692. The second-order valence-corrected chi connectivity index (χ2v) is 6.33. The van der Waals surface area contributed by atoms with Crippen LogP contribution in [0, 0.1) is 0 Å². The zero-order chi connectivity index (χ0) is 12.9.